The number of halogens is 1. The Hall–Kier alpha value is -2.38. The van der Waals surface area contributed by atoms with Gasteiger partial charge in [0.25, 0.3) is 11.5 Å². The summed E-state index contributed by atoms with van der Waals surface area (Å²) in [6, 6.07) is 18.2. The third-order valence-corrected chi connectivity index (χ3v) is 4.62. The van der Waals surface area contributed by atoms with E-state index in [-0.39, 0.29) is 17.2 Å². The third kappa shape index (κ3) is 4.33. The Morgan fingerprint density at radius 3 is 2.17 bits per heavy atom. The van der Waals surface area contributed by atoms with Crippen LogP contribution in [0, 0.1) is 0 Å². The van der Waals surface area contributed by atoms with E-state index in [0.717, 1.165) is 14.3 Å². The van der Waals surface area contributed by atoms with Crippen LogP contribution in [0.2, 0.25) is 0 Å². The van der Waals surface area contributed by atoms with Crippen LogP contribution in [0.1, 0.15) is 10.5 Å². The van der Waals surface area contributed by atoms with Crippen LogP contribution in [-0.4, -0.2) is 16.1 Å². The third-order valence-electron chi connectivity index (χ3n) is 3.07. The van der Waals surface area contributed by atoms with Gasteiger partial charge in [-0.1, -0.05) is 27.7 Å². The molecule has 0 fully saturated rings. The predicted molar refractivity (Wildman–Crippen MR) is 97.5 cm³/mol. The van der Waals surface area contributed by atoms with E-state index in [1.54, 1.807) is 11.8 Å². The van der Waals surface area contributed by atoms with Crippen molar-refractivity contribution >= 4 is 39.3 Å². The van der Waals surface area contributed by atoms with Crippen molar-refractivity contribution in [2.45, 2.75) is 9.79 Å². The van der Waals surface area contributed by atoms with E-state index in [2.05, 4.69) is 31.4 Å². The molecule has 1 amide bonds. The Balaban J connectivity index is 1.65. The maximum Gasteiger partial charge on any atom is 0.276 e. The quantitative estimate of drug-likeness (QED) is 0.694. The van der Waals surface area contributed by atoms with Crippen molar-refractivity contribution < 1.29 is 4.79 Å². The summed E-state index contributed by atoms with van der Waals surface area (Å²) in [4.78, 5) is 25.2. The lowest BCUT2D eigenvalue weighted by atomic mass is 10.3. The lowest BCUT2D eigenvalue weighted by Crippen LogP contribution is -2.17. The summed E-state index contributed by atoms with van der Waals surface area (Å²) in [7, 11) is 0. The molecule has 0 aliphatic heterocycles. The Bertz CT molecular complexity index is 888. The topological polar surface area (TPSA) is 74.8 Å². The maximum atomic E-state index is 12.0. The van der Waals surface area contributed by atoms with E-state index in [4.69, 9.17) is 0 Å². The Labute approximate surface area is 150 Å². The summed E-state index contributed by atoms with van der Waals surface area (Å²) < 4.78 is 1.04. The first-order valence-electron chi connectivity index (χ1n) is 7.01. The van der Waals surface area contributed by atoms with E-state index < -0.39 is 0 Å². The Morgan fingerprint density at radius 1 is 0.958 bits per heavy atom. The molecule has 0 unspecified atom stereocenters. The van der Waals surface area contributed by atoms with Crippen LogP contribution in [0.5, 0.6) is 0 Å². The lowest BCUT2D eigenvalue weighted by Gasteiger charge is -2.06. The number of aromatic nitrogens is 2. The highest BCUT2D eigenvalue weighted by Crippen LogP contribution is 2.29. The predicted octanol–water partition coefficient (Wildman–Crippen LogP) is 3.94. The molecule has 2 N–H and O–H groups in total. The zero-order valence-corrected chi connectivity index (χ0v) is 14.7. The summed E-state index contributed by atoms with van der Waals surface area (Å²) in [6.45, 7) is 0. The molecule has 3 aromatic rings. The standard InChI is InChI=1S/C17H12BrN3O2S/c18-11-1-5-13(6-2-11)24-14-7-3-12(4-8-14)19-17(23)15-9-10-16(22)21-20-15/h1-10H,(H,19,23)(H,21,22). The number of hydrogen-bond donors (Lipinski definition) is 2. The largest absolute Gasteiger partial charge is 0.321 e. The van der Waals surface area contributed by atoms with Gasteiger partial charge in [-0.2, -0.15) is 5.10 Å². The number of carbonyl (C=O) groups excluding carboxylic acids is 1. The highest BCUT2D eigenvalue weighted by atomic mass is 79.9. The van der Waals surface area contributed by atoms with Gasteiger partial charge >= 0.3 is 0 Å². The van der Waals surface area contributed by atoms with Crippen molar-refractivity contribution in [2.24, 2.45) is 0 Å². The number of hydrogen-bond acceptors (Lipinski definition) is 4. The van der Waals surface area contributed by atoms with Crippen molar-refractivity contribution in [2.75, 3.05) is 5.32 Å². The SMILES string of the molecule is O=C(Nc1ccc(Sc2ccc(Br)cc2)cc1)c1ccc(=O)[nH]n1. The van der Waals surface area contributed by atoms with Gasteiger partial charge in [-0.25, -0.2) is 5.10 Å². The summed E-state index contributed by atoms with van der Waals surface area (Å²) in [6.07, 6.45) is 0. The average Bonchev–Trinajstić information content (AvgIpc) is 2.59. The molecule has 120 valence electrons. The molecule has 1 aromatic heterocycles. The minimum Gasteiger partial charge on any atom is -0.321 e. The number of H-pyrrole nitrogens is 1. The van der Waals surface area contributed by atoms with Gasteiger partial charge in [-0.15, -0.1) is 0 Å². The zero-order chi connectivity index (χ0) is 16.9. The average molecular weight is 402 g/mol. The molecule has 0 saturated carbocycles. The highest BCUT2D eigenvalue weighted by Gasteiger charge is 2.08. The van der Waals surface area contributed by atoms with Crippen LogP contribution in [0.3, 0.4) is 0 Å². The van der Waals surface area contributed by atoms with E-state index in [0.29, 0.717) is 5.69 Å². The van der Waals surface area contributed by atoms with Crippen LogP contribution in [0.4, 0.5) is 5.69 Å². The van der Waals surface area contributed by atoms with Gasteiger partial charge in [0.15, 0.2) is 0 Å². The molecule has 0 radical (unpaired) electrons. The van der Waals surface area contributed by atoms with Crippen LogP contribution >= 0.6 is 27.7 Å². The number of nitrogens with zero attached hydrogens (tertiary/aromatic N) is 1. The molecule has 0 saturated heterocycles. The van der Waals surface area contributed by atoms with Crippen LogP contribution < -0.4 is 10.9 Å². The first-order chi connectivity index (χ1) is 11.6. The van der Waals surface area contributed by atoms with E-state index in [1.165, 1.54) is 12.1 Å². The number of nitrogens with one attached hydrogen (secondary N) is 2. The second kappa shape index (κ2) is 7.46. The first-order valence-corrected chi connectivity index (χ1v) is 8.62. The second-order valence-corrected chi connectivity index (χ2v) is 6.90. The number of rotatable bonds is 4. The van der Waals surface area contributed by atoms with Crippen molar-refractivity contribution in [1.82, 2.24) is 10.2 Å². The Kier molecular flexibility index (Phi) is 5.12. The van der Waals surface area contributed by atoms with Gasteiger partial charge in [-0.3, -0.25) is 9.59 Å². The minimum atomic E-state index is -0.375. The number of amides is 1. The fraction of sp³-hybridized carbons (Fsp3) is 0. The lowest BCUT2D eigenvalue weighted by molar-refractivity contribution is 0.102. The summed E-state index contributed by atoms with van der Waals surface area (Å²) in [5, 5.41) is 8.67. The normalized spacial score (nSPS) is 10.4. The van der Waals surface area contributed by atoms with Crippen molar-refractivity contribution in [3.63, 3.8) is 0 Å². The molecule has 0 aliphatic rings. The van der Waals surface area contributed by atoms with Crippen molar-refractivity contribution in [3.05, 3.63) is 81.2 Å². The van der Waals surface area contributed by atoms with E-state index in [1.807, 2.05) is 48.5 Å². The fourth-order valence-electron chi connectivity index (χ4n) is 1.91. The van der Waals surface area contributed by atoms with Gasteiger partial charge in [0, 0.05) is 26.0 Å². The number of anilines is 1. The second-order valence-electron chi connectivity index (χ2n) is 4.84. The summed E-state index contributed by atoms with van der Waals surface area (Å²) in [5.74, 6) is -0.375. The number of benzene rings is 2. The van der Waals surface area contributed by atoms with Crippen molar-refractivity contribution in [1.29, 1.82) is 0 Å². The van der Waals surface area contributed by atoms with Gasteiger partial charge in [0.1, 0.15) is 5.69 Å². The van der Waals surface area contributed by atoms with E-state index in [9.17, 15) is 9.59 Å². The van der Waals surface area contributed by atoms with E-state index >= 15 is 0 Å². The van der Waals surface area contributed by atoms with Gasteiger partial charge in [-0.05, 0) is 54.6 Å². The maximum absolute atomic E-state index is 12.0. The molecule has 2 aromatic carbocycles. The molecule has 0 atom stereocenters. The molecule has 0 spiro atoms. The van der Waals surface area contributed by atoms with Crippen LogP contribution in [0.15, 0.2) is 79.7 Å². The molecule has 24 heavy (non-hydrogen) atoms. The molecule has 5 nitrogen and oxygen atoms in total. The Morgan fingerprint density at radius 2 is 1.58 bits per heavy atom. The number of carbonyl (C=O) groups is 1. The van der Waals surface area contributed by atoms with Gasteiger partial charge in [0.2, 0.25) is 0 Å². The smallest absolute Gasteiger partial charge is 0.276 e. The highest BCUT2D eigenvalue weighted by molar-refractivity contribution is 9.10. The number of aromatic amines is 1. The van der Waals surface area contributed by atoms with Crippen molar-refractivity contribution in [3.8, 4) is 0 Å². The summed E-state index contributed by atoms with van der Waals surface area (Å²) >= 11 is 5.05. The monoisotopic (exact) mass is 401 g/mol. The van der Waals surface area contributed by atoms with Gasteiger partial charge < -0.3 is 5.32 Å². The zero-order valence-electron chi connectivity index (χ0n) is 12.3. The first kappa shape index (κ1) is 16.5. The summed E-state index contributed by atoms with van der Waals surface area (Å²) in [5.41, 5.74) is 0.469. The molecule has 1 heterocycles. The molecule has 0 aliphatic carbocycles. The molecule has 3 rings (SSSR count). The minimum absolute atomic E-state index is 0.155. The molecule has 0 bridgehead atoms. The van der Waals surface area contributed by atoms with Gasteiger partial charge in [0.05, 0.1) is 0 Å². The van der Waals surface area contributed by atoms with Crippen LogP contribution in [0.25, 0.3) is 0 Å². The molecular weight excluding hydrogens is 390 g/mol. The van der Waals surface area contributed by atoms with Crippen LogP contribution in [-0.2, 0) is 0 Å². The molecule has 7 heteroatoms. The molecular formula is C17H12BrN3O2S. The fourth-order valence-corrected chi connectivity index (χ4v) is 2.99.